The van der Waals surface area contributed by atoms with Crippen LogP contribution in [0.25, 0.3) is 0 Å². The van der Waals surface area contributed by atoms with Gasteiger partial charge in [0.05, 0.1) is 0 Å². The molecule has 0 rings (SSSR count). The lowest BCUT2D eigenvalue weighted by molar-refractivity contribution is -0.281. The third kappa shape index (κ3) is 6.81. The third-order valence-electron chi connectivity index (χ3n) is 3.52. The van der Waals surface area contributed by atoms with E-state index in [9.17, 15) is 79.0 Å². The molecule has 3 atom stereocenters. The highest BCUT2D eigenvalue weighted by molar-refractivity contribution is 7.45. The Morgan fingerprint density at radius 1 is 0.485 bits per heavy atom. The summed E-state index contributed by atoms with van der Waals surface area (Å²) < 4.78 is 239. The molecule has 0 aliphatic heterocycles. The van der Waals surface area contributed by atoms with Gasteiger partial charge in [0.15, 0.2) is 0 Å². The summed E-state index contributed by atoms with van der Waals surface area (Å²) in [6.07, 6.45) is -42.2. The molecule has 0 saturated carbocycles. The zero-order valence-electron chi connectivity index (χ0n) is 14.3. The van der Waals surface area contributed by atoms with Gasteiger partial charge in [-0.3, -0.25) is 0 Å². The molecule has 0 heterocycles. The molecule has 0 radical (unpaired) electrons. The van der Waals surface area contributed by atoms with Crippen LogP contribution in [0.2, 0.25) is 0 Å². The normalized spacial score (nSPS) is 20.6. The fourth-order valence-electron chi connectivity index (χ4n) is 2.16. The van der Waals surface area contributed by atoms with E-state index >= 15 is 0 Å². The van der Waals surface area contributed by atoms with Crippen molar-refractivity contribution >= 4 is 16.6 Å². The van der Waals surface area contributed by atoms with Gasteiger partial charge < -0.3 is 14.7 Å². The van der Waals surface area contributed by atoms with Crippen LogP contribution < -0.4 is 0 Å². The fourth-order valence-corrected chi connectivity index (χ4v) is 5.73. The van der Waals surface area contributed by atoms with Crippen LogP contribution in [0, 0.1) is 0 Å². The maximum absolute atomic E-state index is 13.9. The van der Waals surface area contributed by atoms with Gasteiger partial charge in [-0.15, -0.1) is 0 Å². The van der Waals surface area contributed by atoms with Crippen LogP contribution in [-0.4, -0.2) is 77.2 Å². The summed E-state index contributed by atoms with van der Waals surface area (Å²) in [7, 11) is -13.7. The number of halogens is 18. The summed E-state index contributed by atoms with van der Waals surface area (Å²) >= 11 is 0. The number of alkyl halides is 18. The molecule has 0 aromatic rings. The summed E-state index contributed by atoms with van der Waals surface area (Å²) in [5, 5.41) is -22.9. The molecule has 33 heavy (non-hydrogen) atoms. The van der Waals surface area contributed by atoms with E-state index in [0.717, 1.165) is 0 Å². The maximum atomic E-state index is 13.9. The van der Waals surface area contributed by atoms with Gasteiger partial charge >= 0.3 is 26.4 Å². The Morgan fingerprint density at radius 2 is 0.606 bits per heavy atom. The number of phosphoric acid groups is 1. The first-order chi connectivity index (χ1) is 13.9. The average molecular weight is 580 g/mol. The summed E-state index contributed by atoms with van der Waals surface area (Å²) in [5.74, 6) is 0. The van der Waals surface area contributed by atoms with Crippen LogP contribution in [0.15, 0.2) is 0 Å². The van der Waals surface area contributed by atoms with Crippen molar-refractivity contribution in [2.45, 2.75) is 53.7 Å². The molecule has 202 valence electrons. The Morgan fingerprint density at radius 3 is 0.667 bits per heavy atom. The van der Waals surface area contributed by atoms with E-state index in [-0.39, 0.29) is 0 Å². The molecule has 3 unspecified atom stereocenters. The quantitative estimate of drug-likeness (QED) is 0.246. The molecular formula is C9H7F18O4PSi. The molecule has 0 aliphatic rings. The summed E-state index contributed by atoms with van der Waals surface area (Å²) in [5.41, 5.74) is 0. The molecule has 24 heteroatoms. The van der Waals surface area contributed by atoms with Gasteiger partial charge in [-0.25, -0.2) is 44.1 Å². The first kappa shape index (κ1) is 34.2. The van der Waals surface area contributed by atoms with Crippen LogP contribution in [-0.2, 0) is 4.57 Å². The Hall–Kier alpha value is -0.933. The molecule has 0 aliphatic carbocycles. The standard InChI is InChI=1S/C9H4F18Si.H3O4P/c10-1(11)4(16,7(19,20)21)28(5(17,2(12)13)8(22,23)24)6(18,3(14)15)9(25,26)27;1-5(2,3)4/h1-3,28H;(H3,1,2,3,4). The van der Waals surface area contributed by atoms with Crippen molar-refractivity contribution in [3.8, 4) is 0 Å². The lowest BCUT2D eigenvalue weighted by Gasteiger charge is -2.47. The molecule has 0 aromatic carbocycles. The molecule has 0 aromatic heterocycles. The summed E-state index contributed by atoms with van der Waals surface area (Å²) in [4.78, 5) is 21.6. The minimum Gasteiger partial charge on any atom is -0.303 e. The van der Waals surface area contributed by atoms with E-state index in [0.29, 0.717) is 0 Å². The molecule has 4 nitrogen and oxygen atoms in total. The van der Waals surface area contributed by atoms with Crippen LogP contribution in [0.3, 0.4) is 0 Å². The van der Waals surface area contributed by atoms with Crippen LogP contribution >= 0.6 is 7.82 Å². The Kier molecular flexibility index (Phi) is 10.3. The second-order valence-corrected chi connectivity index (χ2v) is 10.1. The van der Waals surface area contributed by atoms with Gasteiger partial charge in [0, 0.05) is 0 Å². The SMILES string of the molecule is FC(F)C(F)([SiH](C(F)(C(F)F)C(F)(F)F)C(F)(C(F)F)C(F)(F)F)C(F)(F)F.O=P(O)(O)O. The van der Waals surface area contributed by atoms with Crippen molar-refractivity contribution in [1.29, 1.82) is 0 Å². The third-order valence-corrected chi connectivity index (χ3v) is 7.78. The second kappa shape index (κ2) is 9.97. The lowest BCUT2D eigenvalue weighted by atomic mass is 10.3. The minimum atomic E-state index is -9.10. The van der Waals surface area contributed by atoms with Crippen LogP contribution in [0.1, 0.15) is 0 Å². The predicted molar refractivity (Wildman–Crippen MR) is 69.1 cm³/mol. The smallest absolute Gasteiger partial charge is 0.303 e. The lowest BCUT2D eigenvalue weighted by Crippen LogP contribution is -2.83. The highest BCUT2D eigenvalue weighted by atomic mass is 31.2. The highest BCUT2D eigenvalue weighted by Gasteiger charge is 2.90. The van der Waals surface area contributed by atoms with E-state index in [1.807, 2.05) is 0 Å². The molecule has 0 amide bonds. The van der Waals surface area contributed by atoms with Gasteiger partial charge in [0.1, 0.15) is 0 Å². The van der Waals surface area contributed by atoms with Crippen molar-refractivity contribution in [3.05, 3.63) is 0 Å². The number of rotatable bonds is 6. The maximum Gasteiger partial charge on any atom is 0.466 e. The van der Waals surface area contributed by atoms with Crippen molar-refractivity contribution in [1.82, 2.24) is 0 Å². The van der Waals surface area contributed by atoms with Crippen molar-refractivity contribution in [3.63, 3.8) is 0 Å². The Labute approximate surface area is 170 Å². The van der Waals surface area contributed by atoms with Crippen molar-refractivity contribution in [2.24, 2.45) is 0 Å². The molecular weight excluding hydrogens is 573 g/mol. The number of hydrogen-bond acceptors (Lipinski definition) is 1. The largest absolute Gasteiger partial charge is 0.466 e. The van der Waals surface area contributed by atoms with E-state index in [4.69, 9.17) is 19.2 Å². The highest BCUT2D eigenvalue weighted by Crippen LogP contribution is 2.58. The van der Waals surface area contributed by atoms with E-state index in [2.05, 4.69) is 0 Å². The second-order valence-electron chi connectivity index (χ2n) is 5.65. The first-order valence-electron chi connectivity index (χ1n) is 6.84. The molecule has 3 N–H and O–H groups in total. The molecule has 0 fully saturated rings. The summed E-state index contributed by atoms with van der Waals surface area (Å²) in [6.45, 7) is 0. The van der Waals surface area contributed by atoms with Crippen molar-refractivity contribution in [2.75, 3.05) is 0 Å². The number of hydrogen-bond donors (Lipinski definition) is 3. The van der Waals surface area contributed by atoms with E-state index in [1.54, 1.807) is 0 Å². The van der Waals surface area contributed by atoms with Gasteiger partial charge in [-0.2, -0.15) is 39.5 Å². The van der Waals surface area contributed by atoms with Crippen LogP contribution in [0.4, 0.5) is 79.0 Å². The zero-order valence-corrected chi connectivity index (χ0v) is 16.4. The zero-order chi connectivity index (χ0) is 27.8. The Balaban J connectivity index is 0. The van der Waals surface area contributed by atoms with Gasteiger partial charge in [-0.1, -0.05) is 0 Å². The topological polar surface area (TPSA) is 77.8 Å². The summed E-state index contributed by atoms with van der Waals surface area (Å²) in [6, 6.07) is 0. The average Bonchev–Trinajstić information content (AvgIpc) is 2.48. The fraction of sp³-hybridized carbons (Fsp3) is 1.00. The predicted octanol–water partition coefficient (Wildman–Crippen LogP) is 4.51. The van der Waals surface area contributed by atoms with E-state index in [1.165, 1.54) is 0 Å². The van der Waals surface area contributed by atoms with Gasteiger partial charge in [-0.05, 0) is 0 Å². The molecule has 0 saturated heterocycles. The van der Waals surface area contributed by atoms with E-state index < -0.39 is 70.3 Å². The minimum absolute atomic E-state index is 4.64. The Bertz CT molecular complexity index is 604. The van der Waals surface area contributed by atoms with Crippen LogP contribution in [0.5, 0.6) is 0 Å². The monoisotopic (exact) mass is 580 g/mol. The first-order valence-corrected chi connectivity index (χ1v) is 10.1. The van der Waals surface area contributed by atoms with Gasteiger partial charge in [0.25, 0.3) is 35.2 Å². The molecule has 0 spiro atoms. The molecule has 0 bridgehead atoms. The van der Waals surface area contributed by atoms with Gasteiger partial charge in [0.2, 0.25) is 8.80 Å². The van der Waals surface area contributed by atoms with Crippen molar-refractivity contribution < 1.29 is 98.3 Å².